The van der Waals surface area contributed by atoms with Crippen LogP contribution in [0.4, 0.5) is 5.13 Å². The van der Waals surface area contributed by atoms with E-state index in [2.05, 4.69) is 54.0 Å². The second-order valence-electron chi connectivity index (χ2n) is 4.78. The summed E-state index contributed by atoms with van der Waals surface area (Å²) in [4.78, 5) is 4.54. The van der Waals surface area contributed by atoms with Gasteiger partial charge in [0.15, 0.2) is 0 Å². The van der Waals surface area contributed by atoms with E-state index in [0.29, 0.717) is 0 Å². The average molecular weight is 514 g/mol. The molecule has 0 radical (unpaired) electrons. The minimum Gasteiger partial charge on any atom is -0.496 e. The molecule has 0 aliphatic rings. The summed E-state index contributed by atoms with van der Waals surface area (Å²) >= 11 is 7.27. The van der Waals surface area contributed by atoms with Crippen molar-refractivity contribution >= 4 is 61.2 Å². The van der Waals surface area contributed by atoms with Crippen molar-refractivity contribution in [2.45, 2.75) is 0 Å². The number of thiazole rings is 1. The Morgan fingerprint density at radius 2 is 2.08 bits per heavy atom. The van der Waals surface area contributed by atoms with E-state index in [1.54, 1.807) is 13.3 Å². The van der Waals surface area contributed by atoms with E-state index < -0.39 is 0 Å². The van der Waals surface area contributed by atoms with Gasteiger partial charge in [0.1, 0.15) is 5.75 Å². The van der Waals surface area contributed by atoms with Gasteiger partial charge < -0.3 is 4.74 Å². The van der Waals surface area contributed by atoms with E-state index in [1.165, 1.54) is 11.3 Å². The maximum Gasteiger partial charge on any atom is 0.203 e. The molecule has 0 saturated carbocycles. The minimum absolute atomic E-state index is 0.757. The van der Waals surface area contributed by atoms with Gasteiger partial charge in [-0.05, 0) is 50.7 Å². The van der Waals surface area contributed by atoms with Crippen molar-refractivity contribution in [1.82, 2.24) is 4.98 Å². The third-order valence-corrected chi connectivity index (χ3v) is 5.51. The number of hydrazone groups is 1. The van der Waals surface area contributed by atoms with Crippen LogP contribution in [0.1, 0.15) is 5.56 Å². The first-order valence-electron chi connectivity index (χ1n) is 7.00. The first-order chi connectivity index (χ1) is 11.7. The Bertz CT molecular complexity index is 868. The molecule has 1 heterocycles. The van der Waals surface area contributed by atoms with Crippen molar-refractivity contribution in [3.05, 3.63) is 61.5 Å². The standard InChI is InChI=1S/C17H13BrIN3OS/c1-23-16-8-14(19)12(7-13(16)18)9-20-22-17-21-15(10-24-17)11-5-3-2-4-6-11/h2-10H,1H3,(H,21,22). The molecule has 0 saturated heterocycles. The number of nitrogens with zero attached hydrogens (tertiary/aromatic N) is 2. The lowest BCUT2D eigenvalue weighted by molar-refractivity contribution is 0.412. The molecule has 3 rings (SSSR count). The molecule has 4 nitrogen and oxygen atoms in total. The first kappa shape index (κ1) is 17.4. The van der Waals surface area contributed by atoms with Crippen molar-refractivity contribution in [1.29, 1.82) is 0 Å². The van der Waals surface area contributed by atoms with Crippen LogP contribution in [-0.2, 0) is 0 Å². The summed E-state index contributed by atoms with van der Waals surface area (Å²) in [5.41, 5.74) is 6.02. The van der Waals surface area contributed by atoms with E-state index in [1.807, 2.05) is 47.8 Å². The lowest BCUT2D eigenvalue weighted by Gasteiger charge is -2.06. The fraction of sp³-hybridized carbons (Fsp3) is 0.0588. The largest absolute Gasteiger partial charge is 0.496 e. The third kappa shape index (κ3) is 4.14. The van der Waals surface area contributed by atoms with E-state index in [0.717, 1.165) is 35.7 Å². The molecule has 3 aromatic rings. The summed E-state index contributed by atoms with van der Waals surface area (Å²) in [6.45, 7) is 0. The maximum atomic E-state index is 5.28. The summed E-state index contributed by atoms with van der Waals surface area (Å²) < 4.78 is 7.23. The number of hydrogen-bond donors (Lipinski definition) is 1. The lowest BCUT2D eigenvalue weighted by Crippen LogP contribution is -1.94. The highest BCUT2D eigenvalue weighted by molar-refractivity contribution is 14.1. The van der Waals surface area contributed by atoms with E-state index >= 15 is 0 Å². The summed E-state index contributed by atoms with van der Waals surface area (Å²) in [7, 11) is 1.65. The van der Waals surface area contributed by atoms with Crippen LogP contribution in [0.25, 0.3) is 11.3 Å². The summed E-state index contributed by atoms with van der Waals surface area (Å²) in [5, 5.41) is 7.05. The molecular weight excluding hydrogens is 501 g/mol. The average Bonchev–Trinajstić information content (AvgIpc) is 3.07. The third-order valence-electron chi connectivity index (χ3n) is 3.21. The van der Waals surface area contributed by atoms with Gasteiger partial charge in [-0.3, -0.25) is 5.43 Å². The smallest absolute Gasteiger partial charge is 0.203 e. The van der Waals surface area contributed by atoms with Crippen molar-refractivity contribution in [2.75, 3.05) is 12.5 Å². The van der Waals surface area contributed by atoms with Gasteiger partial charge in [0, 0.05) is 20.1 Å². The van der Waals surface area contributed by atoms with Crippen LogP contribution in [0.5, 0.6) is 5.75 Å². The highest BCUT2D eigenvalue weighted by Gasteiger charge is 2.06. The van der Waals surface area contributed by atoms with Gasteiger partial charge in [-0.1, -0.05) is 30.3 Å². The number of anilines is 1. The molecule has 0 aliphatic heterocycles. The Hall–Kier alpha value is -1.45. The number of halogens is 2. The van der Waals surface area contributed by atoms with Crippen LogP contribution in [0.2, 0.25) is 0 Å². The molecule has 1 aromatic heterocycles. The predicted molar refractivity (Wildman–Crippen MR) is 112 cm³/mol. The van der Waals surface area contributed by atoms with Crippen LogP contribution >= 0.6 is 49.9 Å². The van der Waals surface area contributed by atoms with Crippen LogP contribution in [0, 0.1) is 3.57 Å². The molecule has 24 heavy (non-hydrogen) atoms. The van der Waals surface area contributed by atoms with Gasteiger partial charge >= 0.3 is 0 Å². The van der Waals surface area contributed by atoms with E-state index in [4.69, 9.17) is 4.74 Å². The Morgan fingerprint density at radius 3 is 2.83 bits per heavy atom. The molecule has 0 unspecified atom stereocenters. The van der Waals surface area contributed by atoms with Crippen LogP contribution < -0.4 is 10.2 Å². The number of ether oxygens (including phenoxy) is 1. The van der Waals surface area contributed by atoms with Crippen molar-refractivity contribution in [3.63, 3.8) is 0 Å². The lowest BCUT2D eigenvalue weighted by atomic mass is 10.2. The zero-order valence-electron chi connectivity index (χ0n) is 12.7. The van der Waals surface area contributed by atoms with Crippen molar-refractivity contribution < 1.29 is 4.74 Å². The first-order valence-corrected chi connectivity index (χ1v) is 9.75. The van der Waals surface area contributed by atoms with Crippen LogP contribution in [0.3, 0.4) is 0 Å². The van der Waals surface area contributed by atoms with Gasteiger partial charge in [0.2, 0.25) is 5.13 Å². The van der Waals surface area contributed by atoms with Crippen molar-refractivity contribution in [2.24, 2.45) is 5.10 Å². The molecular formula is C17H13BrIN3OS. The molecule has 2 aromatic carbocycles. The predicted octanol–water partition coefficient (Wildman–Crippen LogP) is 5.63. The highest BCUT2D eigenvalue weighted by atomic mass is 127. The van der Waals surface area contributed by atoms with Crippen LogP contribution in [-0.4, -0.2) is 18.3 Å². The molecule has 1 N–H and O–H groups in total. The van der Waals surface area contributed by atoms with Gasteiger partial charge in [-0.15, -0.1) is 11.3 Å². The van der Waals surface area contributed by atoms with E-state index in [-0.39, 0.29) is 0 Å². The molecule has 7 heteroatoms. The van der Waals surface area contributed by atoms with Gasteiger partial charge in [0.25, 0.3) is 0 Å². The van der Waals surface area contributed by atoms with Crippen molar-refractivity contribution in [3.8, 4) is 17.0 Å². The molecule has 122 valence electrons. The SMILES string of the molecule is COc1cc(I)c(C=NNc2nc(-c3ccccc3)cs2)cc1Br. The number of hydrogen-bond acceptors (Lipinski definition) is 5. The zero-order chi connectivity index (χ0) is 16.9. The molecule has 0 aliphatic carbocycles. The molecule has 0 bridgehead atoms. The molecule has 0 amide bonds. The number of benzene rings is 2. The Labute approximate surface area is 166 Å². The monoisotopic (exact) mass is 513 g/mol. The summed E-state index contributed by atoms with van der Waals surface area (Å²) in [6.07, 6.45) is 1.77. The van der Waals surface area contributed by atoms with Crippen LogP contribution in [0.15, 0.2) is 57.4 Å². The second kappa shape index (κ2) is 8.09. The molecule has 0 atom stereocenters. The maximum absolute atomic E-state index is 5.28. The molecule has 0 spiro atoms. The van der Waals surface area contributed by atoms with Gasteiger partial charge in [0.05, 0.1) is 23.5 Å². The molecule has 0 fully saturated rings. The zero-order valence-corrected chi connectivity index (χ0v) is 17.2. The summed E-state index contributed by atoms with van der Waals surface area (Å²) in [5.74, 6) is 0.803. The van der Waals surface area contributed by atoms with Gasteiger partial charge in [-0.2, -0.15) is 5.10 Å². The normalized spacial score (nSPS) is 11.0. The van der Waals surface area contributed by atoms with Gasteiger partial charge in [-0.25, -0.2) is 4.98 Å². The Balaban J connectivity index is 1.71. The van der Waals surface area contributed by atoms with E-state index in [9.17, 15) is 0 Å². The fourth-order valence-corrected chi connectivity index (χ4v) is 3.79. The highest BCUT2D eigenvalue weighted by Crippen LogP contribution is 2.29. The number of aromatic nitrogens is 1. The number of rotatable bonds is 5. The summed E-state index contributed by atoms with van der Waals surface area (Å²) in [6, 6.07) is 14.0. The Morgan fingerprint density at radius 1 is 1.29 bits per heavy atom. The minimum atomic E-state index is 0.757. The number of methoxy groups -OCH3 is 1. The fourth-order valence-electron chi connectivity index (χ4n) is 2.02. The number of nitrogens with one attached hydrogen (secondary N) is 1. The Kier molecular flexibility index (Phi) is 5.85. The topological polar surface area (TPSA) is 46.5 Å². The second-order valence-corrected chi connectivity index (χ2v) is 7.66. The quantitative estimate of drug-likeness (QED) is 0.273.